The van der Waals surface area contributed by atoms with Gasteiger partial charge in [-0.1, -0.05) is 6.07 Å². The fraction of sp³-hybridized carbons (Fsp3) is 0.316. The van der Waals surface area contributed by atoms with Crippen molar-refractivity contribution in [3.05, 3.63) is 53.8 Å². The lowest BCUT2D eigenvalue weighted by molar-refractivity contribution is 0.102. The SMILES string of the molecule is C[C@@H]1CCCCN1c1ccc(N)cc1NC(=O)c1cccc(F)c1. The number of nitrogens with one attached hydrogen (secondary N) is 1. The number of nitrogens with zero attached hydrogens (tertiary/aromatic N) is 1. The first-order valence-corrected chi connectivity index (χ1v) is 8.27. The number of rotatable bonds is 3. The van der Waals surface area contributed by atoms with E-state index in [9.17, 15) is 9.18 Å². The molecule has 0 radical (unpaired) electrons. The smallest absolute Gasteiger partial charge is 0.255 e. The number of hydrogen-bond acceptors (Lipinski definition) is 3. The fourth-order valence-corrected chi connectivity index (χ4v) is 3.18. The van der Waals surface area contributed by atoms with Crippen molar-refractivity contribution in [2.24, 2.45) is 0 Å². The Hall–Kier alpha value is -2.56. The molecule has 0 spiro atoms. The summed E-state index contributed by atoms with van der Waals surface area (Å²) in [4.78, 5) is 14.8. The third-order valence-corrected chi connectivity index (χ3v) is 4.47. The average molecular weight is 327 g/mol. The Bertz CT molecular complexity index is 747. The van der Waals surface area contributed by atoms with Crippen molar-refractivity contribution in [3.63, 3.8) is 0 Å². The molecule has 0 unspecified atom stereocenters. The van der Waals surface area contributed by atoms with E-state index in [4.69, 9.17) is 5.73 Å². The number of carbonyl (C=O) groups is 1. The molecule has 1 aliphatic heterocycles. The molecule has 4 nitrogen and oxygen atoms in total. The molecule has 0 aromatic heterocycles. The van der Waals surface area contributed by atoms with Crippen LogP contribution in [0.15, 0.2) is 42.5 Å². The maximum absolute atomic E-state index is 13.3. The molecule has 2 aromatic carbocycles. The zero-order chi connectivity index (χ0) is 17.1. The van der Waals surface area contributed by atoms with E-state index in [0.29, 0.717) is 17.4 Å². The molecule has 3 rings (SSSR count). The summed E-state index contributed by atoms with van der Waals surface area (Å²) in [5.74, 6) is -0.772. The van der Waals surface area contributed by atoms with E-state index in [0.717, 1.165) is 25.1 Å². The first kappa shape index (κ1) is 16.3. The third-order valence-electron chi connectivity index (χ3n) is 4.47. The summed E-state index contributed by atoms with van der Waals surface area (Å²) in [6, 6.07) is 11.6. The molecule has 0 aliphatic carbocycles. The predicted molar refractivity (Wildman–Crippen MR) is 95.9 cm³/mol. The van der Waals surface area contributed by atoms with Crippen LogP contribution in [0.3, 0.4) is 0 Å². The molecule has 3 N–H and O–H groups in total. The molecule has 1 fully saturated rings. The number of piperidine rings is 1. The number of hydrogen-bond donors (Lipinski definition) is 2. The van der Waals surface area contributed by atoms with Gasteiger partial charge in [-0.25, -0.2) is 4.39 Å². The van der Waals surface area contributed by atoms with Gasteiger partial charge in [-0.05, 0) is 62.6 Å². The van der Waals surface area contributed by atoms with E-state index < -0.39 is 5.82 Å². The summed E-state index contributed by atoms with van der Waals surface area (Å²) in [5, 5.41) is 2.89. The van der Waals surface area contributed by atoms with E-state index in [1.54, 1.807) is 12.1 Å². The van der Waals surface area contributed by atoms with Crippen LogP contribution in [0.5, 0.6) is 0 Å². The van der Waals surface area contributed by atoms with Crippen LogP contribution in [0.1, 0.15) is 36.5 Å². The summed E-state index contributed by atoms with van der Waals surface area (Å²) >= 11 is 0. The zero-order valence-electron chi connectivity index (χ0n) is 13.8. The van der Waals surface area contributed by atoms with Gasteiger partial charge in [0.15, 0.2) is 0 Å². The number of amides is 1. The largest absolute Gasteiger partial charge is 0.399 e. The van der Waals surface area contributed by atoms with Crippen LogP contribution in [0.25, 0.3) is 0 Å². The van der Waals surface area contributed by atoms with Gasteiger partial charge in [-0.2, -0.15) is 0 Å². The lowest BCUT2D eigenvalue weighted by atomic mass is 10.0. The Morgan fingerprint density at radius 2 is 2.08 bits per heavy atom. The second-order valence-electron chi connectivity index (χ2n) is 6.28. The highest BCUT2D eigenvalue weighted by atomic mass is 19.1. The minimum atomic E-state index is -0.430. The first-order chi connectivity index (χ1) is 11.5. The van der Waals surface area contributed by atoms with E-state index in [-0.39, 0.29) is 11.5 Å². The first-order valence-electron chi connectivity index (χ1n) is 8.27. The number of benzene rings is 2. The Labute approximate surface area is 141 Å². The van der Waals surface area contributed by atoms with Crippen LogP contribution >= 0.6 is 0 Å². The normalized spacial score (nSPS) is 17.6. The molecule has 1 saturated heterocycles. The molecule has 0 bridgehead atoms. The van der Waals surface area contributed by atoms with E-state index in [2.05, 4.69) is 17.1 Å². The number of carbonyl (C=O) groups excluding carboxylic acids is 1. The molecular weight excluding hydrogens is 305 g/mol. The Balaban J connectivity index is 1.89. The van der Waals surface area contributed by atoms with Crippen molar-refractivity contribution >= 4 is 23.0 Å². The van der Waals surface area contributed by atoms with Crippen molar-refractivity contribution in [2.45, 2.75) is 32.2 Å². The zero-order valence-corrected chi connectivity index (χ0v) is 13.8. The van der Waals surface area contributed by atoms with Gasteiger partial charge in [0.2, 0.25) is 0 Å². The molecule has 5 heteroatoms. The fourth-order valence-electron chi connectivity index (χ4n) is 3.18. The molecule has 1 aliphatic rings. The van der Waals surface area contributed by atoms with Gasteiger partial charge in [0.1, 0.15) is 5.82 Å². The summed E-state index contributed by atoms with van der Waals surface area (Å²) in [6.07, 6.45) is 3.48. The topological polar surface area (TPSA) is 58.4 Å². The quantitative estimate of drug-likeness (QED) is 0.837. The van der Waals surface area contributed by atoms with Crippen LogP contribution in [0, 0.1) is 5.82 Å². The van der Waals surface area contributed by atoms with E-state index in [1.807, 2.05) is 12.1 Å². The molecule has 1 atom stereocenters. The van der Waals surface area contributed by atoms with E-state index in [1.165, 1.54) is 24.6 Å². The van der Waals surface area contributed by atoms with Gasteiger partial charge in [0.25, 0.3) is 5.91 Å². The molecule has 1 heterocycles. The highest BCUT2D eigenvalue weighted by Gasteiger charge is 2.22. The summed E-state index contributed by atoms with van der Waals surface area (Å²) < 4.78 is 13.3. The van der Waals surface area contributed by atoms with Crippen LogP contribution < -0.4 is 16.0 Å². The molecule has 24 heavy (non-hydrogen) atoms. The van der Waals surface area contributed by atoms with Gasteiger partial charge >= 0.3 is 0 Å². The highest BCUT2D eigenvalue weighted by Crippen LogP contribution is 2.33. The van der Waals surface area contributed by atoms with Crippen LogP contribution in [0.4, 0.5) is 21.5 Å². The van der Waals surface area contributed by atoms with Crippen molar-refractivity contribution in [3.8, 4) is 0 Å². The number of nitrogen functional groups attached to an aromatic ring is 1. The Kier molecular flexibility index (Phi) is 4.69. The summed E-state index contributed by atoms with van der Waals surface area (Å²) in [6.45, 7) is 3.14. The molecule has 2 aromatic rings. The monoisotopic (exact) mass is 327 g/mol. The van der Waals surface area contributed by atoms with Crippen LogP contribution in [-0.4, -0.2) is 18.5 Å². The minimum absolute atomic E-state index is 0.287. The minimum Gasteiger partial charge on any atom is -0.399 e. The molecule has 126 valence electrons. The van der Waals surface area contributed by atoms with Gasteiger partial charge in [0.05, 0.1) is 11.4 Å². The standard InChI is InChI=1S/C19H22FN3O/c1-13-5-2-3-10-23(13)18-9-8-16(21)12-17(18)22-19(24)14-6-4-7-15(20)11-14/h4,6-9,11-13H,2-3,5,10,21H2,1H3,(H,22,24)/t13-/m1/s1. The second-order valence-corrected chi connectivity index (χ2v) is 6.28. The lowest BCUT2D eigenvalue weighted by Gasteiger charge is -2.36. The Morgan fingerprint density at radius 3 is 2.83 bits per heavy atom. The molecule has 0 saturated carbocycles. The van der Waals surface area contributed by atoms with Gasteiger partial charge < -0.3 is 16.0 Å². The summed E-state index contributed by atoms with van der Waals surface area (Å²) in [7, 11) is 0. The van der Waals surface area contributed by atoms with Crippen LogP contribution in [-0.2, 0) is 0 Å². The van der Waals surface area contributed by atoms with Crippen molar-refractivity contribution in [1.82, 2.24) is 0 Å². The van der Waals surface area contributed by atoms with Gasteiger partial charge in [-0.15, -0.1) is 0 Å². The average Bonchev–Trinajstić information content (AvgIpc) is 2.56. The number of anilines is 3. The van der Waals surface area contributed by atoms with Crippen LogP contribution in [0.2, 0.25) is 0 Å². The van der Waals surface area contributed by atoms with E-state index >= 15 is 0 Å². The molecular formula is C19H22FN3O. The van der Waals surface area contributed by atoms with Crippen molar-refractivity contribution in [1.29, 1.82) is 0 Å². The van der Waals surface area contributed by atoms with Crippen molar-refractivity contribution < 1.29 is 9.18 Å². The lowest BCUT2D eigenvalue weighted by Crippen LogP contribution is -2.38. The number of halogens is 1. The molecule has 1 amide bonds. The maximum atomic E-state index is 13.3. The summed E-state index contributed by atoms with van der Waals surface area (Å²) in [5.41, 5.74) is 8.39. The third kappa shape index (κ3) is 3.50. The Morgan fingerprint density at radius 1 is 1.25 bits per heavy atom. The van der Waals surface area contributed by atoms with Gasteiger partial charge in [-0.3, -0.25) is 4.79 Å². The van der Waals surface area contributed by atoms with Crippen molar-refractivity contribution in [2.75, 3.05) is 22.5 Å². The predicted octanol–water partition coefficient (Wildman–Crippen LogP) is 4.04. The number of nitrogens with two attached hydrogens (primary N) is 1. The highest BCUT2D eigenvalue weighted by molar-refractivity contribution is 6.06. The second kappa shape index (κ2) is 6.91. The maximum Gasteiger partial charge on any atom is 0.255 e. The van der Waals surface area contributed by atoms with Gasteiger partial charge in [0, 0.05) is 23.8 Å².